The van der Waals surface area contributed by atoms with Gasteiger partial charge in [0.1, 0.15) is 0 Å². The first-order valence-corrected chi connectivity index (χ1v) is 6.99. The van der Waals surface area contributed by atoms with Gasteiger partial charge >= 0.3 is 0 Å². The monoisotopic (exact) mass is 278 g/mol. The van der Waals surface area contributed by atoms with Gasteiger partial charge in [-0.1, -0.05) is 18.2 Å². The maximum atomic E-state index is 11.8. The fourth-order valence-corrected chi connectivity index (χ4v) is 2.29. The number of amides is 1. The summed E-state index contributed by atoms with van der Waals surface area (Å²) < 4.78 is 5.20. The van der Waals surface area contributed by atoms with Gasteiger partial charge in [0.15, 0.2) is 0 Å². The average molecular weight is 278 g/mol. The molecule has 0 bridgehead atoms. The van der Waals surface area contributed by atoms with Gasteiger partial charge in [-0.05, 0) is 18.1 Å². The van der Waals surface area contributed by atoms with Crippen molar-refractivity contribution in [2.75, 3.05) is 25.5 Å². The quantitative estimate of drug-likeness (QED) is 0.697. The normalized spacial score (nSPS) is 17.6. The van der Waals surface area contributed by atoms with E-state index >= 15 is 0 Å². The van der Waals surface area contributed by atoms with Crippen LogP contribution < -0.4 is 11.1 Å². The molecule has 5 nitrogen and oxygen atoms in total. The third kappa shape index (κ3) is 4.21. The van der Waals surface area contributed by atoms with Gasteiger partial charge in [-0.2, -0.15) is 0 Å². The highest BCUT2D eigenvalue weighted by Crippen LogP contribution is 2.19. The highest BCUT2D eigenvalue weighted by Gasteiger charge is 2.29. The van der Waals surface area contributed by atoms with Crippen LogP contribution in [0.5, 0.6) is 0 Å². The summed E-state index contributed by atoms with van der Waals surface area (Å²) in [5, 5.41) is 13.0. The molecule has 1 aliphatic rings. The summed E-state index contributed by atoms with van der Waals surface area (Å²) in [5.74, 6) is -0.0619. The Balaban J connectivity index is 1.74. The van der Waals surface area contributed by atoms with Crippen LogP contribution in [0.25, 0.3) is 0 Å². The van der Waals surface area contributed by atoms with E-state index in [2.05, 4.69) is 5.32 Å². The number of carbonyl (C=O) groups excluding carboxylic acids is 1. The lowest BCUT2D eigenvalue weighted by molar-refractivity contribution is -0.123. The van der Waals surface area contributed by atoms with E-state index in [9.17, 15) is 9.90 Å². The number of aliphatic hydroxyl groups is 1. The average Bonchev–Trinajstić information content (AvgIpc) is 2.45. The Kier molecular flexibility index (Phi) is 4.98. The first-order chi connectivity index (χ1) is 9.59. The van der Waals surface area contributed by atoms with Crippen molar-refractivity contribution in [1.29, 1.82) is 0 Å². The SMILES string of the molecule is Nc1ccccc1CCC(=O)NCC1(O)CCOCC1. The van der Waals surface area contributed by atoms with Crippen molar-refractivity contribution in [1.82, 2.24) is 5.32 Å². The van der Waals surface area contributed by atoms with Gasteiger partial charge in [-0.15, -0.1) is 0 Å². The number of nitrogens with one attached hydrogen (secondary N) is 1. The van der Waals surface area contributed by atoms with Crippen LogP contribution >= 0.6 is 0 Å². The van der Waals surface area contributed by atoms with E-state index in [0.717, 1.165) is 5.56 Å². The zero-order valence-corrected chi connectivity index (χ0v) is 11.6. The van der Waals surface area contributed by atoms with Gasteiger partial charge in [0, 0.05) is 44.7 Å². The predicted molar refractivity (Wildman–Crippen MR) is 77.2 cm³/mol. The second-order valence-electron chi connectivity index (χ2n) is 5.31. The second kappa shape index (κ2) is 6.72. The van der Waals surface area contributed by atoms with E-state index in [1.165, 1.54) is 0 Å². The Morgan fingerprint density at radius 2 is 2.05 bits per heavy atom. The van der Waals surface area contributed by atoms with Crippen molar-refractivity contribution in [3.8, 4) is 0 Å². The van der Waals surface area contributed by atoms with Crippen molar-refractivity contribution in [3.63, 3.8) is 0 Å². The minimum absolute atomic E-state index is 0.0619. The fourth-order valence-electron chi connectivity index (χ4n) is 2.29. The number of anilines is 1. The molecular formula is C15H22N2O3. The first-order valence-electron chi connectivity index (χ1n) is 6.99. The zero-order chi connectivity index (χ0) is 14.4. The van der Waals surface area contributed by atoms with Gasteiger partial charge in [0.05, 0.1) is 5.60 Å². The summed E-state index contributed by atoms with van der Waals surface area (Å²) in [4.78, 5) is 11.8. The van der Waals surface area contributed by atoms with Gasteiger partial charge < -0.3 is 20.9 Å². The first kappa shape index (κ1) is 14.8. The second-order valence-corrected chi connectivity index (χ2v) is 5.31. The standard InChI is InChI=1S/C15H22N2O3/c16-13-4-2-1-3-12(13)5-6-14(18)17-11-15(19)7-9-20-10-8-15/h1-4,19H,5-11,16H2,(H,17,18). The number of nitrogen functional groups attached to an aromatic ring is 1. The molecule has 1 heterocycles. The molecule has 20 heavy (non-hydrogen) atoms. The molecule has 2 rings (SSSR count). The van der Waals surface area contributed by atoms with Crippen LogP contribution in [-0.2, 0) is 16.0 Å². The summed E-state index contributed by atoms with van der Waals surface area (Å²) in [6, 6.07) is 7.54. The molecule has 4 N–H and O–H groups in total. The number of hydrogen-bond donors (Lipinski definition) is 3. The molecule has 1 fully saturated rings. The Hall–Kier alpha value is -1.59. The molecule has 0 aliphatic carbocycles. The van der Waals surface area contributed by atoms with Crippen LogP contribution in [0.2, 0.25) is 0 Å². The molecular weight excluding hydrogens is 256 g/mol. The topological polar surface area (TPSA) is 84.6 Å². The van der Waals surface area contributed by atoms with Crippen LogP contribution in [0.4, 0.5) is 5.69 Å². The van der Waals surface area contributed by atoms with Gasteiger partial charge in [0.2, 0.25) is 5.91 Å². The van der Waals surface area contributed by atoms with Crippen LogP contribution in [0.1, 0.15) is 24.8 Å². The zero-order valence-electron chi connectivity index (χ0n) is 11.6. The van der Waals surface area contributed by atoms with Crippen LogP contribution in [0, 0.1) is 0 Å². The summed E-state index contributed by atoms with van der Waals surface area (Å²) in [6.07, 6.45) is 2.12. The van der Waals surface area contributed by atoms with E-state index in [-0.39, 0.29) is 5.91 Å². The van der Waals surface area contributed by atoms with E-state index in [1.54, 1.807) is 0 Å². The van der Waals surface area contributed by atoms with Gasteiger partial charge in [-0.3, -0.25) is 4.79 Å². The summed E-state index contributed by atoms with van der Waals surface area (Å²) in [7, 11) is 0. The van der Waals surface area contributed by atoms with E-state index in [1.807, 2.05) is 24.3 Å². The minimum Gasteiger partial charge on any atom is -0.399 e. The highest BCUT2D eigenvalue weighted by atomic mass is 16.5. The maximum absolute atomic E-state index is 11.8. The van der Waals surface area contributed by atoms with E-state index in [0.29, 0.717) is 51.1 Å². The van der Waals surface area contributed by atoms with Crippen LogP contribution in [0.3, 0.4) is 0 Å². The Bertz CT molecular complexity index is 456. The Morgan fingerprint density at radius 3 is 2.75 bits per heavy atom. The number of aryl methyl sites for hydroxylation is 1. The maximum Gasteiger partial charge on any atom is 0.220 e. The molecule has 0 spiro atoms. The van der Waals surface area contributed by atoms with Crippen molar-refractivity contribution in [2.24, 2.45) is 0 Å². The molecule has 1 amide bonds. The molecule has 5 heteroatoms. The third-order valence-electron chi connectivity index (χ3n) is 3.71. The number of benzene rings is 1. The molecule has 0 atom stereocenters. The Labute approximate surface area is 119 Å². The predicted octanol–water partition coefficient (Wildman–Crippen LogP) is 0.859. The third-order valence-corrected chi connectivity index (χ3v) is 3.71. The largest absolute Gasteiger partial charge is 0.399 e. The number of carbonyl (C=O) groups is 1. The number of hydrogen-bond acceptors (Lipinski definition) is 4. The van der Waals surface area contributed by atoms with Crippen molar-refractivity contribution < 1.29 is 14.6 Å². The van der Waals surface area contributed by atoms with Crippen LogP contribution in [-0.4, -0.2) is 36.4 Å². The van der Waals surface area contributed by atoms with Crippen LogP contribution in [0.15, 0.2) is 24.3 Å². The lowest BCUT2D eigenvalue weighted by atomic mass is 9.94. The minimum atomic E-state index is -0.820. The summed E-state index contributed by atoms with van der Waals surface area (Å²) in [6.45, 7) is 1.39. The number of ether oxygens (including phenoxy) is 1. The molecule has 1 aromatic rings. The smallest absolute Gasteiger partial charge is 0.220 e. The van der Waals surface area contributed by atoms with E-state index < -0.39 is 5.60 Å². The Morgan fingerprint density at radius 1 is 1.35 bits per heavy atom. The number of nitrogens with two attached hydrogens (primary N) is 1. The summed E-state index contributed by atoms with van der Waals surface area (Å²) >= 11 is 0. The molecule has 0 aromatic heterocycles. The summed E-state index contributed by atoms with van der Waals surface area (Å²) in [5.41, 5.74) is 6.70. The van der Waals surface area contributed by atoms with Gasteiger partial charge in [0.25, 0.3) is 0 Å². The number of rotatable bonds is 5. The van der Waals surface area contributed by atoms with Crippen molar-refractivity contribution in [2.45, 2.75) is 31.3 Å². The lowest BCUT2D eigenvalue weighted by Crippen LogP contribution is -2.46. The molecule has 0 saturated carbocycles. The molecule has 0 radical (unpaired) electrons. The lowest BCUT2D eigenvalue weighted by Gasteiger charge is -2.32. The highest BCUT2D eigenvalue weighted by molar-refractivity contribution is 5.76. The molecule has 1 aliphatic heterocycles. The van der Waals surface area contributed by atoms with Crippen molar-refractivity contribution in [3.05, 3.63) is 29.8 Å². The molecule has 1 aromatic carbocycles. The van der Waals surface area contributed by atoms with E-state index in [4.69, 9.17) is 10.5 Å². The fraction of sp³-hybridized carbons (Fsp3) is 0.533. The van der Waals surface area contributed by atoms with Crippen molar-refractivity contribution >= 4 is 11.6 Å². The number of para-hydroxylation sites is 1. The van der Waals surface area contributed by atoms with Gasteiger partial charge in [-0.25, -0.2) is 0 Å². The molecule has 1 saturated heterocycles. The molecule has 0 unspecified atom stereocenters. The molecule has 110 valence electrons.